The van der Waals surface area contributed by atoms with Crippen LogP contribution < -0.4 is 0 Å². The molecule has 1 heterocycles. The molecule has 0 saturated heterocycles. The highest BCUT2D eigenvalue weighted by atomic mass is 14.8. The number of benzene rings is 2. The van der Waals surface area contributed by atoms with E-state index in [0.717, 1.165) is 16.6 Å². The predicted octanol–water partition coefficient (Wildman–Crippen LogP) is 5.61. The molecule has 0 fully saturated rings. The van der Waals surface area contributed by atoms with E-state index in [-0.39, 0.29) is 0 Å². The fourth-order valence-electron chi connectivity index (χ4n) is 1.85. The van der Waals surface area contributed by atoms with E-state index in [9.17, 15) is 0 Å². The van der Waals surface area contributed by atoms with Gasteiger partial charge in [-0.25, -0.2) is 0 Å². The SMILES string of the molecule is C=C.C=Nc1c[nH]c2ccccc12.Cc1ccccc1C. The maximum atomic E-state index is 3.88. The Hall–Kier alpha value is -2.61. The van der Waals surface area contributed by atoms with Gasteiger partial charge in [-0.15, -0.1) is 13.2 Å². The van der Waals surface area contributed by atoms with Crippen molar-refractivity contribution in [1.82, 2.24) is 4.98 Å². The summed E-state index contributed by atoms with van der Waals surface area (Å²) in [7, 11) is 0. The van der Waals surface area contributed by atoms with Crippen LogP contribution in [0.15, 0.2) is 72.9 Å². The highest BCUT2D eigenvalue weighted by Gasteiger charge is 1.97. The Morgan fingerprint density at radius 2 is 1.38 bits per heavy atom. The number of hydrogen-bond donors (Lipinski definition) is 1. The number of hydrogen-bond acceptors (Lipinski definition) is 1. The number of aryl methyl sites for hydroxylation is 2. The zero-order valence-corrected chi connectivity index (χ0v) is 12.8. The van der Waals surface area contributed by atoms with Gasteiger partial charge in [0.05, 0.1) is 5.69 Å². The molecule has 2 aromatic carbocycles. The second kappa shape index (κ2) is 8.54. The lowest BCUT2D eigenvalue weighted by molar-refractivity contribution is 1.34. The van der Waals surface area contributed by atoms with Crippen LogP contribution in [0, 0.1) is 13.8 Å². The zero-order chi connectivity index (χ0) is 15.7. The summed E-state index contributed by atoms with van der Waals surface area (Å²) in [4.78, 5) is 6.98. The molecule has 0 unspecified atom stereocenters. The van der Waals surface area contributed by atoms with Gasteiger partial charge in [0.1, 0.15) is 0 Å². The van der Waals surface area contributed by atoms with Crippen LogP contribution in [-0.2, 0) is 0 Å². The Balaban J connectivity index is 0.000000196. The summed E-state index contributed by atoms with van der Waals surface area (Å²) in [6.07, 6.45) is 1.86. The number of H-pyrrole nitrogens is 1. The molecule has 0 bridgehead atoms. The molecule has 0 aliphatic heterocycles. The van der Waals surface area contributed by atoms with Gasteiger partial charge < -0.3 is 4.98 Å². The van der Waals surface area contributed by atoms with Gasteiger partial charge in [0.15, 0.2) is 0 Å². The molecule has 21 heavy (non-hydrogen) atoms. The van der Waals surface area contributed by atoms with Crippen molar-refractivity contribution in [3.63, 3.8) is 0 Å². The van der Waals surface area contributed by atoms with Crippen LogP contribution in [0.3, 0.4) is 0 Å². The molecular weight excluding hydrogens is 256 g/mol. The minimum Gasteiger partial charge on any atom is -0.359 e. The summed E-state index contributed by atoms with van der Waals surface area (Å²) in [5, 5.41) is 1.13. The Kier molecular flexibility index (Phi) is 6.69. The third-order valence-electron chi connectivity index (χ3n) is 3.16. The molecule has 3 aromatic rings. The number of aromatic amines is 1. The molecular formula is C19H22N2. The maximum Gasteiger partial charge on any atom is 0.0875 e. The highest BCUT2D eigenvalue weighted by Crippen LogP contribution is 2.24. The summed E-state index contributed by atoms with van der Waals surface area (Å²) < 4.78 is 0. The van der Waals surface area contributed by atoms with E-state index in [1.54, 1.807) is 0 Å². The van der Waals surface area contributed by atoms with E-state index in [1.807, 2.05) is 30.5 Å². The predicted molar refractivity (Wildman–Crippen MR) is 94.7 cm³/mol. The van der Waals surface area contributed by atoms with Crippen molar-refractivity contribution in [2.24, 2.45) is 4.99 Å². The quantitative estimate of drug-likeness (QED) is 0.443. The molecule has 1 aromatic heterocycles. The lowest BCUT2D eigenvalue weighted by Gasteiger charge is -1.93. The molecule has 108 valence electrons. The molecule has 2 nitrogen and oxygen atoms in total. The number of aliphatic imine (C=N–C) groups is 1. The summed E-state index contributed by atoms with van der Waals surface area (Å²) in [5.74, 6) is 0. The van der Waals surface area contributed by atoms with E-state index < -0.39 is 0 Å². The van der Waals surface area contributed by atoms with Crippen molar-refractivity contribution in [1.29, 1.82) is 0 Å². The van der Waals surface area contributed by atoms with E-state index in [4.69, 9.17) is 0 Å². The van der Waals surface area contributed by atoms with Gasteiger partial charge in [-0.1, -0.05) is 42.5 Å². The first-order valence-corrected chi connectivity index (χ1v) is 6.77. The van der Waals surface area contributed by atoms with E-state index >= 15 is 0 Å². The third kappa shape index (κ3) is 4.46. The van der Waals surface area contributed by atoms with Crippen LogP contribution in [0.4, 0.5) is 5.69 Å². The molecule has 0 aliphatic rings. The van der Waals surface area contributed by atoms with Gasteiger partial charge in [0.25, 0.3) is 0 Å². The van der Waals surface area contributed by atoms with Gasteiger partial charge >= 0.3 is 0 Å². The van der Waals surface area contributed by atoms with Gasteiger partial charge in [0.2, 0.25) is 0 Å². The topological polar surface area (TPSA) is 28.1 Å². The standard InChI is InChI=1S/C9H8N2.C8H10.C2H4/c1-10-9-6-11-8-5-3-2-4-7(8)9;1-7-5-3-4-6-8(7)2;1-2/h2-6,11H,1H2;3-6H,1-2H3;1-2H2. The monoisotopic (exact) mass is 278 g/mol. The lowest BCUT2D eigenvalue weighted by atomic mass is 10.1. The minimum atomic E-state index is 0.917. The third-order valence-corrected chi connectivity index (χ3v) is 3.16. The second-order valence-corrected chi connectivity index (χ2v) is 4.46. The molecule has 0 saturated carbocycles. The van der Waals surface area contributed by atoms with Crippen LogP contribution >= 0.6 is 0 Å². The van der Waals surface area contributed by atoms with Crippen LogP contribution in [0.25, 0.3) is 10.9 Å². The molecule has 3 rings (SSSR count). The summed E-state index contributed by atoms with van der Waals surface area (Å²) in [6.45, 7) is 13.7. The normalized spacial score (nSPS) is 9.05. The van der Waals surface area contributed by atoms with Gasteiger partial charge in [-0.3, -0.25) is 4.99 Å². The molecule has 0 spiro atoms. The van der Waals surface area contributed by atoms with E-state index in [0.29, 0.717) is 0 Å². The van der Waals surface area contributed by atoms with Crippen molar-refractivity contribution in [2.75, 3.05) is 0 Å². The van der Waals surface area contributed by atoms with Crippen molar-refractivity contribution in [3.05, 3.63) is 79.0 Å². The van der Waals surface area contributed by atoms with Crippen LogP contribution in [0.1, 0.15) is 11.1 Å². The minimum absolute atomic E-state index is 0.917. The van der Waals surface area contributed by atoms with Crippen molar-refractivity contribution in [3.8, 4) is 0 Å². The van der Waals surface area contributed by atoms with Crippen molar-refractivity contribution >= 4 is 23.3 Å². The molecule has 2 heteroatoms. The number of para-hydroxylation sites is 1. The average Bonchev–Trinajstić information content (AvgIpc) is 2.96. The molecule has 0 aliphatic carbocycles. The fourth-order valence-corrected chi connectivity index (χ4v) is 1.85. The molecule has 0 radical (unpaired) electrons. The molecule has 0 amide bonds. The number of nitrogens with zero attached hydrogens (tertiary/aromatic N) is 1. The maximum absolute atomic E-state index is 3.88. The largest absolute Gasteiger partial charge is 0.359 e. The fraction of sp³-hybridized carbons (Fsp3) is 0.105. The first kappa shape index (κ1) is 16.4. The Morgan fingerprint density at radius 1 is 0.857 bits per heavy atom. The number of aromatic nitrogens is 1. The Bertz CT molecular complexity index is 674. The van der Waals surface area contributed by atoms with Crippen LogP contribution in [0.2, 0.25) is 0 Å². The summed E-state index contributed by atoms with van der Waals surface area (Å²) >= 11 is 0. The Morgan fingerprint density at radius 3 is 1.90 bits per heavy atom. The first-order chi connectivity index (χ1) is 10.2. The van der Waals surface area contributed by atoms with Crippen LogP contribution in [-0.4, -0.2) is 11.7 Å². The van der Waals surface area contributed by atoms with Crippen LogP contribution in [0.5, 0.6) is 0 Å². The number of nitrogens with one attached hydrogen (secondary N) is 1. The zero-order valence-electron chi connectivity index (χ0n) is 12.8. The molecule has 0 atom stereocenters. The number of rotatable bonds is 1. The van der Waals surface area contributed by atoms with Gasteiger partial charge in [-0.05, 0) is 37.8 Å². The van der Waals surface area contributed by atoms with Gasteiger partial charge in [0, 0.05) is 17.1 Å². The average molecular weight is 278 g/mol. The number of fused-ring (bicyclic) bond motifs is 1. The second-order valence-electron chi connectivity index (χ2n) is 4.46. The van der Waals surface area contributed by atoms with Crippen molar-refractivity contribution < 1.29 is 0 Å². The highest BCUT2D eigenvalue weighted by molar-refractivity contribution is 5.91. The molecule has 1 N–H and O–H groups in total. The summed E-state index contributed by atoms with van der Waals surface area (Å²) in [6, 6.07) is 16.4. The van der Waals surface area contributed by atoms with E-state index in [1.165, 1.54) is 11.1 Å². The summed E-state index contributed by atoms with van der Waals surface area (Å²) in [5.41, 5.74) is 4.76. The first-order valence-electron chi connectivity index (χ1n) is 6.77. The Labute approximate surface area is 126 Å². The van der Waals surface area contributed by atoms with Gasteiger partial charge in [-0.2, -0.15) is 0 Å². The van der Waals surface area contributed by atoms with E-state index in [2.05, 4.69) is 68.0 Å². The van der Waals surface area contributed by atoms with Crippen molar-refractivity contribution in [2.45, 2.75) is 13.8 Å². The lowest BCUT2D eigenvalue weighted by Crippen LogP contribution is -1.74. The smallest absolute Gasteiger partial charge is 0.0875 e.